The fourth-order valence-corrected chi connectivity index (χ4v) is 3.72. The van der Waals surface area contributed by atoms with Gasteiger partial charge in [-0.3, -0.25) is 0 Å². The van der Waals surface area contributed by atoms with Crippen LogP contribution < -0.4 is 10.6 Å². The first-order valence-electron chi connectivity index (χ1n) is 10.1. The molecule has 0 aliphatic heterocycles. The lowest BCUT2D eigenvalue weighted by atomic mass is 9.92. The molecule has 3 heterocycles. The van der Waals surface area contributed by atoms with Crippen LogP contribution in [0.25, 0.3) is 5.82 Å². The molecule has 10 heteroatoms. The Balaban J connectivity index is 1.58. The SMILES string of the molecule is Cc1cc(C)n(-c2cc(NCc3cnn(C)n3)cc(NC3CCC(F)(F)CC3)n2)n1. The van der Waals surface area contributed by atoms with Gasteiger partial charge in [-0.15, -0.1) is 0 Å². The Labute approximate surface area is 173 Å². The molecule has 0 aromatic carbocycles. The van der Waals surface area contributed by atoms with Gasteiger partial charge in [0.25, 0.3) is 0 Å². The summed E-state index contributed by atoms with van der Waals surface area (Å²) in [5.74, 6) is -1.26. The van der Waals surface area contributed by atoms with E-state index in [1.807, 2.05) is 32.0 Å². The predicted molar refractivity (Wildman–Crippen MR) is 110 cm³/mol. The molecule has 3 aromatic rings. The number of aryl methyl sites for hydroxylation is 3. The van der Waals surface area contributed by atoms with E-state index < -0.39 is 5.92 Å². The first-order valence-corrected chi connectivity index (χ1v) is 10.1. The number of alkyl halides is 2. The predicted octanol–water partition coefficient (Wildman–Crippen LogP) is 3.61. The van der Waals surface area contributed by atoms with Crippen molar-refractivity contribution in [3.8, 4) is 5.82 Å². The first-order chi connectivity index (χ1) is 14.3. The standard InChI is InChI=1S/C20H26F2N8/c1-13-8-14(2)30(27-13)19-10-16(23-11-17-12-24-29(3)28-17)9-18(26-19)25-15-4-6-20(21,22)7-5-15/h8-10,12,15H,4-7,11H2,1-3H3,(H2,23,25,26). The summed E-state index contributed by atoms with van der Waals surface area (Å²) in [6, 6.07) is 5.76. The van der Waals surface area contributed by atoms with Crippen molar-refractivity contribution in [2.75, 3.05) is 10.6 Å². The summed E-state index contributed by atoms with van der Waals surface area (Å²) < 4.78 is 28.8. The highest BCUT2D eigenvalue weighted by atomic mass is 19.3. The smallest absolute Gasteiger partial charge is 0.248 e. The molecule has 30 heavy (non-hydrogen) atoms. The van der Waals surface area contributed by atoms with Crippen LogP contribution in [0.1, 0.15) is 42.8 Å². The van der Waals surface area contributed by atoms with Crippen LogP contribution in [-0.4, -0.2) is 41.7 Å². The van der Waals surface area contributed by atoms with Crippen LogP contribution in [0.5, 0.6) is 0 Å². The van der Waals surface area contributed by atoms with Gasteiger partial charge < -0.3 is 10.6 Å². The van der Waals surface area contributed by atoms with Crippen LogP contribution >= 0.6 is 0 Å². The minimum atomic E-state index is -2.55. The number of nitrogens with one attached hydrogen (secondary N) is 2. The summed E-state index contributed by atoms with van der Waals surface area (Å²) in [5, 5.41) is 19.6. The maximum atomic E-state index is 13.5. The van der Waals surface area contributed by atoms with Crippen LogP contribution in [-0.2, 0) is 13.6 Å². The molecule has 1 saturated carbocycles. The zero-order chi connectivity index (χ0) is 21.3. The second-order valence-corrected chi connectivity index (χ2v) is 7.89. The van der Waals surface area contributed by atoms with Gasteiger partial charge in [-0.2, -0.15) is 20.1 Å². The molecule has 2 N–H and O–H groups in total. The largest absolute Gasteiger partial charge is 0.379 e. The van der Waals surface area contributed by atoms with Crippen molar-refractivity contribution in [3.05, 3.63) is 41.5 Å². The minimum absolute atomic E-state index is 0.0272. The third kappa shape index (κ3) is 4.74. The molecule has 3 aromatic heterocycles. The fraction of sp³-hybridized carbons (Fsp3) is 0.500. The average molecular weight is 416 g/mol. The van der Waals surface area contributed by atoms with E-state index in [0.29, 0.717) is 31.0 Å². The monoisotopic (exact) mass is 416 g/mol. The van der Waals surface area contributed by atoms with E-state index >= 15 is 0 Å². The zero-order valence-corrected chi connectivity index (χ0v) is 17.4. The summed E-state index contributed by atoms with van der Waals surface area (Å²) in [6.07, 6.45) is 2.35. The van der Waals surface area contributed by atoms with Crippen molar-refractivity contribution in [1.29, 1.82) is 0 Å². The van der Waals surface area contributed by atoms with Gasteiger partial charge in [0.05, 0.1) is 18.4 Å². The van der Waals surface area contributed by atoms with Gasteiger partial charge in [0.15, 0.2) is 5.82 Å². The van der Waals surface area contributed by atoms with Gasteiger partial charge in [0.1, 0.15) is 11.5 Å². The maximum absolute atomic E-state index is 13.5. The average Bonchev–Trinajstić information content (AvgIpc) is 3.26. The number of rotatable bonds is 6. The van der Waals surface area contributed by atoms with Crippen LogP contribution in [0.3, 0.4) is 0 Å². The Hall–Kier alpha value is -3.04. The number of anilines is 2. The van der Waals surface area contributed by atoms with Gasteiger partial charge in [0.2, 0.25) is 5.92 Å². The third-order valence-corrected chi connectivity index (χ3v) is 5.23. The summed E-state index contributed by atoms with van der Waals surface area (Å²) in [4.78, 5) is 6.21. The summed E-state index contributed by atoms with van der Waals surface area (Å²) in [7, 11) is 1.77. The van der Waals surface area contributed by atoms with Crippen LogP contribution in [0.2, 0.25) is 0 Å². The van der Waals surface area contributed by atoms with E-state index in [2.05, 4.69) is 25.9 Å². The van der Waals surface area contributed by atoms with Crippen molar-refractivity contribution in [2.24, 2.45) is 7.05 Å². The topological polar surface area (TPSA) is 85.5 Å². The van der Waals surface area contributed by atoms with Gasteiger partial charge >= 0.3 is 0 Å². The number of pyridine rings is 1. The third-order valence-electron chi connectivity index (χ3n) is 5.23. The van der Waals surface area contributed by atoms with Crippen LogP contribution in [0, 0.1) is 13.8 Å². The van der Waals surface area contributed by atoms with E-state index in [-0.39, 0.29) is 18.9 Å². The molecule has 0 bridgehead atoms. The Bertz CT molecular complexity index is 1020. The number of nitrogens with zero attached hydrogens (tertiary/aromatic N) is 6. The minimum Gasteiger partial charge on any atom is -0.379 e. The van der Waals surface area contributed by atoms with Gasteiger partial charge in [0, 0.05) is 49.4 Å². The lowest BCUT2D eigenvalue weighted by molar-refractivity contribution is -0.0361. The lowest BCUT2D eigenvalue weighted by Gasteiger charge is -2.29. The Morgan fingerprint density at radius 1 is 1.13 bits per heavy atom. The van der Waals surface area contributed by atoms with E-state index in [1.165, 1.54) is 4.80 Å². The van der Waals surface area contributed by atoms with Crippen molar-refractivity contribution < 1.29 is 8.78 Å². The highest BCUT2D eigenvalue weighted by Crippen LogP contribution is 2.34. The van der Waals surface area contributed by atoms with Crippen LogP contribution in [0.15, 0.2) is 24.4 Å². The number of aromatic nitrogens is 6. The normalized spacial score (nSPS) is 16.6. The molecule has 1 aliphatic rings. The zero-order valence-electron chi connectivity index (χ0n) is 17.4. The number of hydrogen-bond acceptors (Lipinski definition) is 6. The maximum Gasteiger partial charge on any atom is 0.248 e. The van der Waals surface area contributed by atoms with Crippen molar-refractivity contribution in [1.82, 2.24) is 29.8 Å². The number of halogens is 2. The van der Waals surface area contributed by atoms with E-state index in [4.69, 9.17) is 4.98 Å². The molecule has 160 valence electrons. The Morgan fingerprint density at radius 2 is 1.90 bits per heavy atom. The molecule has 8 nitrogen and oxygen atoms in total. The van der Waals surface area contributed by atoms with Crippen molar-refractivity contribution in [3.63, 3.8) is 0 Å². The molecule has 0 radical (unpaired) electrons. The molecular weight excluding hydrogens is 390 g/mol. The lowest BCUT2D eigenvalue weighted by Crippen LogP contribution is -2.32. The quantitative estimate of drug-likeness (QED) is 0.639. The van der Waals surface area contributed by atoms with E-state index in [1.54, 1.807) is 17.9 Å². The highest BCUT2D eigenvalue weighted by Gasteiger charge is 2.35. The van der Waals surface area contributed by atoms with Crippen LogP contribution in [0.4, 0.5) is 20.3 Å². The summed E-state index contributed by atoms with van der Waals surface area (Å²) in [5.41, 5.74) is 3.51. The first kappa shape index (κ1) is 20.2. The van der Waals surface area contributed by atoms with E-state index in [9.17, 15) is 8.78 Å². The molecule has 0 saturated heterocycles. The molecule has 0 amide bonds. The van der Waals surface area contributed by atoms with Gasteiger partial charge in [-0.05, 0) is 32.8 Å². The number of hydrogen-bond donors (Lipinski definition) is 2. The van der Waals surface area contributed by atoms with Crippen molar-refractivity contribution >= 4 is 11.5 Å². The van der Waals surface area contributed by atoms with Crippen molar-refractivity contribution in [2.45, 2.75) is 58.0 Å². The summed E-state index contributed by atoms with van der Waals surface area (Å²) >= 11 is 0. The Kier molecular flexibility index (Phi) is 5.40. The second-order valence-electron chi connectivity index (χ2n) is 7.89. The van der Waals surface area contributed by atoms with E-state index in [0.717, 1.165) is 22.8 Å². The summed E-state index contributed by atoms with van der Waals surface area (Å²) in [6.45, 7) is 4.40. The highest BCUT2D eigenvalue weighted by molar-refractivity contribution is 5.57. The second kappa shape index (κ2) is 8.00. The molecule has 0 unspecified atom stereocenters. The molecular formula is C20H26F2N8. The Morgan fingerprint density at radius 3 is 2.53 bits per heavy atom. The molecule has 4 rings (SSSR count). The molecule has 0 spiro atoms. The van der Waals surface area contributed by atoms with Gasteiger partial charge in [-0.1, -0.05) is 0 Å². The fourth-order valence-electron chi connectivity index (χ4n) is 3.72. The molecule has 1 fully saturated rings. The van der Waals surface area contributed by atoms with Gasteiger partial charge in [-0.25, -0.2) is 18.4 Å². The molecule has 1 aliphatic carbocycles. The molecule has 0 atom stereocenters.